The van der Waals surface area contributed by atoms with E-state index in [-0.39, 0.29) is 0 Å². The molecule has 96 valence electrons. The van der Waals surface area contributed by atoms with Gasteiger partial charge in [-0.15, -0.1) is 0 Å². The van der Waals surface area contributed by atoms with Gasteiger partial charge in [0, 0.05) is 11.8 Å². The Hall–Kier alpha value is -0.670. The number of hydrogen-bond donors (Lipinski definition) is 1. The molecule has 1 atom stereocenters. The van der Waals surface area contributed by atoms with Crippen molar-refractivity contribution in [2.24, 2.45) is 5.73 Å². The Bertz CT molecular complexity index is 319. The van der Waals surface area contributed by atoms with Gasteiger partial charge >= 0.3 is 0 Å². The summed E-state index contributed by atoms with van der Waals surface area (Å²) in [5.74, 6) is 3.13. The number of ether oxygens (including phenoxy) is 1. The zero-order valence-corrected chi connectivity index (χ0v) is 11.8. The summed E-state index contributed by atoms with van der Waals surface area (Å²) in [5, 5.41) is 0. The highest BCUT2D eigenvalue weighted by Crippen LogP contribution is 2.16. The van der Waals surface area contributed by atoms with Crippen LogP contribution in [-0.2, 0) is 0 Å². The minimum absolute atomic E-state index is 0.308. The molecule has 0 saturated heterocycles. The van der Waals surface area contributed by atoms with Crippen LogP contribution >= 0.6 is 11.8 Å². The third-order valence-electron chi connectivity index (χ3n) is 2.41. The fraction of sp³-hybridized carbons (Fsp3) is 0.571. The van der Waals surface area contributed by atoms with Gasteiger partial charge in [0.2, 0.25) is 0 Å². The van der Waals surface area contributed by atoms with Crippen LogP contribution in [-0.4, -0.2) is 24.2 Å². The van der Waals surface area contributed by atoms with Crippen LogP contribution in [0.4, 0.5) is 0 Å². The molecule has 0 aliphatic rings. The molecule has 17 heavy (non-hydrogen) atoms. The van der Waals surface area contributed by atoms with Crippen molar-refractivity contribution in [1.29, 1.82) is 0 Å². The van der Waals surface area contributed by atoms with Crippen LogP contribution in [0.15, 0.2) is 18.2 Å². The first-order valence-electron chi connectivity index (χ1n) is 6.12. The molecule has 0 saturated carbocycles. The van der Waals surface area contributed by atoms with Gasteiger partial charge in [0.05, 0.1) is 6.61 Å². The largest absolute Gasteiger partial charge is 0.493 e. The SMILES string of the molecule is Cc1cc(C)cc(OCCSCCC(C)N)c1. The molecule has 0 spiro atoms. The molecule has 0 heterocycles. The van der Waals surface area contributed by atoms with E-state index in [1.807, 2.05) is 18.7 Å². The van der Waals surface area contributed by atoms with Crippen molar-refractivity contribution >= 4 is 11.8 Å². The molecular formula is C14H23NOS. The van der Waals surface area contributed by atoms with Gasteiger partial charge in [0.25, 0.3) is 0 Å². The average molecular weight is 253 g/mol. The molecule has 1 aromatic carbocycles. The van der Waals surface area contributed by atoms with Crippen LogP contribution in [0.1, 0.15) is 24.5 Å². The molecular weight excluding hydrogens is 230 g/mol. The van der Waals surface area contributed by atoms with Crippen LogP contribution in [0.25, 0.3) is 0 Å². The van der Waals surface area contributed by atoms with Crippen molar-refractivity contribution in [1.82, 2.24) is 0 Å². The molecule has 0 aromatic heterocycles. The fourth-order valence-corrected chi connectivity index (χ4v) is 2.55. The quantitative estimate of drug-likeness (QED) is 0.758. The Morgan fingerprint density at radius 1 is 1.18 bits per heavy atom. The van der Waals surface area contributed by atoms with E-state index >= 15 is 0 Å². The first-order chi connectivity index (χ1) is 8.08. The summed E-state index contributed by atoms with van der Waals surface area (Å²) in [6, 6.07) is 6.63. The van der Waals surface area contributed by atoms with Crippen molar-refractivity contribution in [2.45, 2.75) is 33.2 Å². The van der Waals surface area contributed by atoms with Gasteiger partial charge in [-0.1, -0.05) is 6.07 Å². The second kappa shape index (κ2) is 7.62. The summed E-state index contributed by atoms with van der Waals surface area (Å²) in [6.45, 7) is 7.01. The standard InChI is InChI=1S/C14H23NOS/c1-11-8-12(2)10-14(9-11)16-5-7-17-6-4-13(3)15/h8-10,13H,4-7,15H2,1-3H3. The van der Waals surface area contributed by atoms with Crippen LogP contribution in [0.3, 0.4) is 0 Å². The van der Waals surface area contributed by atoms with Crippen LogP contribution in [0, 0.1) is 13.8 Å². The Kier molecular flexibility index (Phi) is 6.45. The fourth-order valence-electron chi connectivity index (χ4n) is 1.61. The van der Waals surface area contributed by atoms with Crippen molar-refractivity contribution in [2.75, 3.05) is 18.1 Å². The summed E-state index contributed by atoms with van der Waals surface area (Å²) in [5.41, 5.74) is 8.20. The van der Waals surface area contributed by atoms with E-state index in [2.05, 4.69) is 32.0 Å². The summed E-state index contributed by atoms with van der Waals surface area (Å²) < 4.78 is 5.72. The second-order valence-corrected chi connectivity index (χ2v) is 5.77. The minimum atomic E-state index is 0.308. The van der Waals surface area contributed by atoms with E-state index in [1.165, 1.54) is 11.1 Å². The number of nitrogens with two attached hydrogens (primary N) is 1. The normalized spacial score (nSPS) is 12.5. The first-order valence-corrected chi connectivity index (χ1v) is 7.28. The minimum Gasteiger partial charge on any atom is -0.493 e. The van der Waals surface area contributed by atoms with Gasteiger partial charge in [0.1, 0.15) is 5.75 Å². The van der Waals surface area contributed by atoms with E-state index in [1.54, 1.807) is 0 Å². The number of benzene rings is 1. The van der Waals surface area contributed by atoms with Gasteiger partial charge in [-0.25, -0.2) is 0 Å². The molecule has 1 unspecified atom stereocenters. The Labute approximate surface area is 109 Å². The molecule has 3 heteroatoms. The molecule has 0 fully saturated rings. The number of aryl methyl sites for hydroxylation is 2. The monoisotopic (exact) mass is 253 g/mol. The molecule has 0 aliphatic carbocycles. The van der Waals surface area contributed by atoms with Gasteiger partial charge in [-0.3, -0.25) is 0 Å². The highest BCUT2D eigenvalue weighted by atomic mass is 32.2. The summed E-state index contributed by atoms with van der Waals surface area (Å²) in [7, 11) is 0. The third kappa shape index (κ3) is 6.59. The van der Waals surface area contributed by atoms with Gasteiger partial charge < -0.3 is 10.5 Å². The molecule has 0 amide bonds. The topological polar surface area (TPSA) is 35.2 Å². The van der Waals surface area contributed by atoms with E-state index in [9.17, 15) is 0 Å². The molecule has 2 nitrogen and oxygen atoms in total. The lowest BCUT2D eigenvalue weighted by atomic mass is 10.1. The Balaban J connectivity index is 2.18. The van der Waals surface area contributed by atoms with Gasteiger partial charge in [-0.2, -0.15) is 11.8 Å². The maximum atomic E-state index is 5.72. The highest BCUT2D eigenvalue weighted by Gasteiger charge is 1.98. The summed E-state index contributed by atoms with van der Waals surface area (Å²) >= 11 is 1.90. The number of thioether (sulfide) groups is 1. The summed E-state index contributed by atoms with van der Waals surface area (Å²) in [4.78, 5) is 0. The molecule has 2 N–H and O–H groups in total. The maximum absolute atomic E-state index is 5.72. The lowest BCUT2D eigenvalue weighted by Gasteiger charge is -2.08. The van der Waals surface area contributed by atoms with Crippen LogP contribution in [0.2, 0.25) is 0 Å². The number of hydrogen-bond acceptors (Lipinski definition) is 3. The van der Waals surface area contributed by atoms with Crippen LogP contribution < -0.4 is 10.5 Å². The first kappa shape index (κ1) is 14.4. The third-order valence-corrected chi connectivity index (χ3v) is 3.39. The van der Waals surface area contributed by atoms with E-state index < -0.39 is 0 Å². The second-order valence-electron chi connectivity index (χ2n) is 4.55. The van der Waals surface area contributed by atoms with E-state index in [0.717, 1.165) is 30.3 Å². The van der Waals surface area contributed by atoms with Crippen molar-refractivity contribution < 1.29 is 4.74 Å². The smallest absolute Gasteiger partial charge is 0.119 e. The predicted molar refractivity (Wildman–Crippen MR) is 77.0 cm³/mol. The van der Waals surface area contributed by atoms with E-state index in [0.29, 0.717) is 6.04 Å². The molecule has 0 aliphatic heterocycles. The predicted octanol–water partition coefficient (Wildman–Crippen LogP) is 3.15. The van der Waals surface area contributed by atoms with Gasteiger partial charge in [-0.05, 0) is 56.2 Å². The van der Waals surface area contributed by atoms with Crippen molar-refractivity contribution in [3.8, 4) is 5.75 Å². The zero-order valence-electron chi connectivity index (χ0n) is 11.0. The van der Waals surface area contributed by atoms with Crippen LogP contribution in [0.5, 0.6) is 5.75 Å². The Morgan fingerprint density at radius 2 is 1.82 bits per heavy atom. The molecule has 0 radical (unpaired) electrons. The maximum Gasteiger partial charge on any atom is 0.119 e. The highest BCUT2D eigenvalue weighted by molar-refractivity contribution is 7.99. The van der Waals surface area contributed by atoms with Crippen molar-refractivity contribution in [3.05, 3.63) is 29.3 Å². The molecule has 0 bridgehead atoms. The number of rotatable bonds is 7. The summed E-state index contributed by atoms with van der Waals surface area (Å²) in [6.07, 6.45) is 1.08. The lowest BCUT2D eigenvalue weighted by molar-refractivity contribution is 0.343. The van der Waals surface area contributed by atoms with Gasteiger partial charge in [0.15, 0.2) is 0 Å². The lowest BCUT2D eigenvalue weighted by Crippen LogP contribution is -2.15. The average Bonchev–Trinajstić information content (AvgIpc) is 2.21. The van der Waals surface area contributed by atoms with Crippen molar-refractivity contribution in [3.63, 3.8) is 0 Å². The molecule has 1 aromatic rings. The van der Waals surface area contributed by atoms with E-state index in [4.69, 9.17) is 10.5 Å². The Morgan fingerprint density at radius 3 is 2.41 bits per heavy atom. The zero-order chi connectivity index (χ0) is 12.7. The molecule has 1 rings (SSSR count).